The second-order valence-electron chi connectivity index (χ2n) is 7.04. The first-order valence-corrected chi connectivity index (χ1v) is 9.34. The van der Waals surface area contributed by atoms with Crippen molar-refractivity contribution in [2.24, 2.45) is 5.92 Å². The number of aryl methyl sites for hydroxylation is 1. The highest BCUT2D eigenvalue weighted by Gasteiger charge is 2.25. The smallest absolute Gasteiger partial charge is 0.293 e. The second-order valence-corrected chi connectivity index (χ2v) is 7.48. The van der Waals surface area contributed by atoms with Gasteiger partial charge in [-0.2, -0.15) is 0 Å². The largest absolute Gasteiger partial charge is 0.366 e. The third-order valence-electron chi connectivity index (χ3n) is 5.01. The van der Waals surface area contributed by atoms with E-state index in [1.165, 1.54) is 6.07 Å². The number of piperidine rings is 1. The molecule has 2 aromatic rings. The van der Waals surface area contributed by atoms with Crippen molar-refractivity contribution in [1.82, 2.24) is 0 Å². The van der Waals surface area contributed by atoms with Gasteiger partial charge >= 0.3 is 0 Å². The van der Waals surface area contributed by atoms with E-state index in [4.69, 9.17) is 11.6 Å². The van der Waals surface area contributed by atoms with Gasteiger partial charge in [0.05, 0.1) is 4.92 Å². The first-order valence-electron chi connectivity index (χ1n) is 8.96. The lowest BCUT2D eigenvalue weighted by atomic mass is 9.98. The topological polar surface area (TPSA) is 75.5 Å². The van der Waals surface area contributed by atoms with Crippen molar-refractivity contribution in [3.8, 4) is 0 Å². The third kappa shape index (κ3) is 4.39. The molecule has 1 fully saturated rings. The van der Waals surface area contributed by atoms with Crippen molar-refractivity contribution in [2.75, 3.05) is 23.3 Å². The molecule has 0 radical (unpaired) electrons. The van der Waals surface area contributed by atoms with Crippen LogP contribution in [0.5, 0.6) is 0 Å². The molecule has 7 heteroatoms. The molecule has 3 rings (SSSR count). The number of nitrogens with zero attached hydrogens (tertiary/aromatic N) is 2. The summed E-state index contributed by atoms with van der Waals surface area (Å²) in [6.45, 7) is 5.62. The molecule has 1 N–H and O–H groups in total. The number of nitrogens with one attached hydrogen (secondary N) is 1. The zero-order chi connectivity index (χ0) is 19.6. The normalized spacial score (nSPS) is 14.9. The molecule has 0 saturated carbocycles. The summed E-state index contributed by atoms with van der Waals surface area (Å²) in [4.78, 5) is 25.8. The number of rotatable bonds is 4. The predicted octanol–water partition coefficient (Wildman–Crippen LogP) is 5.05. The van der Waals surface area contributed by atoms with Gasteiger partial charge < -0.3 is 10.2 Å². The third-order valence-corrected chi connectivity index (χ3v) is 5.24. The molecule has 1 amide bonds. The van der Waals surface area contributed by atoms with Crippen molar-refractivity contribution in [3.63, 3.8) is 0 Å². The molecular weight excluding hydrogens is 366 g/mol. The average molecular weight is 388 g/mol. The number of amides is 1. The van der Waals surface area contributed by atoms with Gasteiger partial charge in [-0.3, -0.25) is 14.9 Å². The molecule has 1 heterocycles. The fourth-order valence-electron chi connectivity index (χ4n) is 3.25. The van der Waals surface area contributed by atoms with E-state index in [1.54, 1.807) is 30.3 Å². The van der Waals surface area contributed by atoms with E-state index in [2.05, 4.69) is 12.2 Å². The Morgan fingerprint density at radius 3 is 2.59 bits per heavy atom. The number of nitro groups is 1. The number of hydrogen-bond acceptors (Lipinski definition) is 4. The van der Waals surface area contributed by atoms with E-state index < -0.39 is 10.8 Å². The van der Waals surface area contributed by atoms with Crippen LogP contribution in [0.3, 0.4) is 0 Å². The lowest BCUT2D eigenvalue weighted by molar-refractivity contribution is -0.384. The molecule has 6 nitrogen and oxygen atoms in total. The first kappa shape index (κ1) is 19.2. The zero-order valence-corrected chi connectivity index (χ0v) is 16.1. The van der Waals surface area contributed by atoms with Crippen LogP contribution in [0.1, 0.15) is 35.7 Å². The molecule has 0 aliphatic carbocycles. The van der Waals surface area contributed by atoms with Crippen molar-refractivity contribution in [3.05, 3.63) is 62.7 Å². The standard InChI is InChI=1S/C20H22ClN3O3/c1-13-7-9-23(10-8-13)18-6-4-15(11-19(18)24(26)27)20(25)22-17-12-16(21)5-3-14(17)2/h3-6,11-13H,7-10H2,1-2H3,(H,22,25). The van der Waals surface area contributed by atoms with Crippen LogP contribution in [0.4, 0.5) is 17.1 Å². The van der Waals surface area contributed by atoms with Gasteiger partial charge in [-0.1, -0.05) is 24.6 Å². The summed E-state index contributed by atoms with van der Waals surface area (Å²) in [7, 11) is 0. The van der Waals surface area contributed by atoms with Gasteiger partial charge in [0.2, 0.25) is 0 Å². The minimum atomic E-state index is -0.422. The predicted molar refractivity (Wildman–Crippen MR) is 108 cm³/mol. The molecule has 1 saturated heterocycles. The molecule has 1 aliphatic heterocycles. The molecule has 0 bridgehead atoms. The van der Waals surface area contributed by atoms with E-state index in [1.807, 2.05) is 11.8 Å². The maximum Gasteiger partial charge on any atom is 0.293 e. The highest BCUT2D eigenvalue weighted by molar-refractivity contribution is 6.31. The summed E-state index contributed by atoms with van der Waals surface area (Å²) in [5.41, 5.74) is 2.23. The van der Waals surface area contributed by atoms with E-state index in [-0.39, 0.29) is 11.3 Å². The number of hydrogen-bond donors (Lipinski definition) is 1. The Labute approximate surface area is 163 Å². The molecule has 0 unspecified atom stereocenters. The van der Waals surface area contributed by atoms with E-state index in [0.717, 1.165) is 31.5 Å². The Kier molecular flexibility index (Phi) is 5.65. The summed E-state index contributed by atoms with van der Waals surface area (Å²) < 4.78 is 0. The number of benzene rings is 2. The Morgan fingerprint density at radius 1 is 1.22 bits per heavy atom. The number of carbonyl (C=O) groups is 1. The van der Waals surface area contributed by atoms with Crippen molar-refractivity contribution in [2.45, 2.75) is 26.7 Å². The lowest BCUT2D eigenvalue weighted by Crippen LogP contribution is -2.33. The van der Waals surface area contributed by atoms with E-state index in [0.29, 0.717) is 22.3 Å². The highest BCUT2D eigenvalue weighted by Crippen LogP contribution is 2.32. The summed E-state index contributed by atoms with van der Waals surface area (Å²) >= 11 is 5.98. The number of halogens is 1. The Balaban J connectivity index is 1.86. The molecule has 2 aromatic carbocycles. The molecule has 0 spiro atoms. The highest BCUT2D eigenvalue weighted by atomic mass is 35.5. The Hall–Kier alpha value is -2.60. The number of nitro benzene ring substituents is 1. The summed E-state index contributed by atoms with van der Waals surface area (Å²) in [5.74, 6) is 0.230. The minimum absolute atomic E-state index is 0.0416. The van der Waals surface area contributed by atoms with Crippen molar-refractivity contribution in [1.29, 1.82) is 0 Å². The fourth-order valence-corrected chi connectivity index (χ4v) is 3.42. The summed E-state index contributed by atoms with van der Waals surface area (Å²) in [5, 5.41) is 14.9. The van der Waals surface area contributed by atoms with Crippen molar-refractivity contribution < 1.29 is 9.72 Å². The molecular formula is C20H22ClN3O3. The average Bonchev–Trinajstić information content (AvgIpc) is 2.65. The molecule has 0 aromatic heterocycles. The number of anilines is 2. The summed E-state index contributed by atoms with van der Waals surface area (Å²) in [6, 6.07) is 9.87. The van der Waals surface area contributed by atoms with Gasteiger partial charge in [0.1, 0.15) is 5.69 Å². The maximum atomic E-state index is 12.6. The minimum Gasteiger partial charge on any atom is -0.366 e. The van der Waals surface area contributed by atoms with E-state index in [9.17, 15) is 14.9 Å². The second kappa shape index (κ2) is 7.96. The zero-order valence-electron chi connectivity index (χ0n) is 15.4. The van der Waals surface area contributed by atoms with Crippen LogP contribution >= 0.6 is 11.6 Å². The fraction of sp³-hybridized carbons (Fsp3) is 0.350. The van der Waals surface area contributed by atoms with Crippen LogP contribution in [0, 0.1) is 23.0 Å². The maximum absolute atomic E-state index is 12.6. The van der Waals surface area contributed by atoms with Crippen LogP contribution in [-0.4, -0.2) is 23.9 Å². The van der Waals surface area contributed by atoms with Crippen LogP contribution in [0.15, 0.2) is 36.4 Å². The van der Waals surface area contributed by atoms with Gasteiger partial charge in [-0.15, -0.1) is 0 Å². The molecule has 1 aliphatic rings. The quantitative estimate of drug-likeness (QED) is 0.588. The number of carbonyl (C=O) groups excluding carboxylic acids is 1. The monoisotopic (exact) mass is 387 g/mol. The molecule has 142 valence electrons. The summed E-state index contributed by atoms with van der Waals surface area (Å²) in [6.07, 6.45) is 2.01. The van der Waals surface area contributed by atoms with Gasteiger partial charge in [-0.25, -0.2) is 0 Å². The van der Waals surface area contributed by atoms with Crippen molar-refractivity contribution >= 4 is 34.6 Å². The van der Waals surface area contributed by atoms with Crippen LogP contribution in [0.2, 0.25) is 5.02 Å². The van der Waals surface area contributed by atoms with Crippen LogP contribution in [0.25, 0.3) is 0 Å². The van der Waals surface area contributed by atoms with E-state index >= 15 is 0 Å². The van der Waals surface area contributed by atoms with Crippen LogP contribution < -0.4 is 10.2 Å². The van der Waals surface area contributed by atoms with Gasteiger partial charge in [0.25, 0.3) is 11.6 Å². The first-order chi connectivity index (χ1) is 12.8. The van der Waals surface area contributed by atoms with Gasteiger partial charge in [0, 0.05) is 35.4 Å². The SMILES string of the molecule is Cc1ccc(Cl)cc1NC(=O)c1ccc(N2CCC(C)CC2)c([N+](=O)[O-])c1. The Bertz CT molecular complexity index is 877. The lowest BCUT2D eigenvalue weighted by Gasteiger charge is -2.31. The molecule has 0 atom stereocenters. The van der Waals surface area contributed by atoms with Crippen LogP contribution in [-0.2, 0) is 0 Å². The Morgan fingerprint density at radius 2 is 1.93 bits per heavy atom. The van der Waals surface area contributed by atoms with Gasteiger partial charge in [-0.05, 0) is 55.5 Å². The molecule has 27 heavy (non-hydrogen) atoms. The van der Waals surface area contributed by atoms with Gasteiger partial charge in [0.15, 0.2) is 0 Å².